The summed E-state index contributed by atoms with van der Waals surface area (Å²) in [4.78, 5) is 4.30. The zero-order valence-corrected chi connectivity index (χ0v) is 11.4. The first-order valence-electron chi connectivity index (χ1n) is 6.03. The van der Waals surface area contributed by atoms with Crippen LogP contribution in [0, 0.1) is 11.5 Å². The fourth-order valence-corrected chi connectivity index (χ4v) is 2.27. The lowest BCUT2D eigenvalue weighted by atomic mass is 9.80. The zero-order valence-electron chi connectivity index (χ0n) is 10.4. The molecule has 1 heterocycles. The van der Waals surface area contributed by atoms with Crippen LogP contribution in [-0.2, 0) is 0 Å². The molecule has 16 heavy (non-hydrogen) atoms. The minimum Gasteiger partial charge on any atom is -0.263 e. The highest BCUT2D eigenvalue weighted by molar-refractivity contribution is 6.83. The smallest absolute Gasteiger partial charge is 0.129 e. The van der Waals surface area contributed by atoms with E-state index in [9.17, 15) is 0 Å². The molecule has 2 heteroatoms. The van der Waals surface area contributed by atoms with Crippen LogP contribution in [-0.4, -0.2) is 13.1 Å². The summed E-state index contributed by atoms with van der Waals surface area (Å²) in [5.74, 6) is 4.03. The van der Waals surface area contributed by atoms with Crippen LogP contribution in [0.15, 0.2) is 18.5 Å². The molecule has 1 fully saturated rings. The quantitative estimate of drug-likeness (QED) is 0.530. The van der Waals surface area contributed by atoms with Crippen LogP contribution in [0.4, 0.5) is 0 Å². The van der Waals surface area contributed by atoms with Gasteiger partial charge in [0.1, 0.15) is 8.07 Å². The summed E-state index contributed by atoms with van der Waals surface area (Å²) in [6.45, 7) is 6.80. The van der Waals surface area contributed by atoms with Crippen molar-refractivity contribution in [1.29, 1.82) is 0 Å². The van der Waals surface area contributed by atoms with Crippen LogP contribution in [0.3, 0.4) is 0 Å². The molecule has 0 N–H and O–H groups in total. The van der Waals surface area contributed by atoms with E-state index >= 15 is 0 Å². The van der Waals surface area contributed by atoms with Crippen molar-refractivity contribution >= 4 is 8.07 Å². The molecule has 1 aromatic rings. The van der Waals surface area contributed by atoms with E-state index in [1.54, 1.807) is 0 Å². The number of rotatable bonds is 1. The van der Waals surface area contributed by atoms with Gasteiger partial charge in [0.2, 0.25) is 0 Å². The van der Waals surface area contributed by atoms with Gasteiger partial charge in [-0.15, -0.1) is 5.54 Å². The summed E-state index contributed by atoms with van der Waals surface area (Å²) in [6, 6.07) is 2.23. The van der Waals surface area contributed by atoms with E-state index in [4.69, 9.17) is 0 Å². The molecule has 0 aromatic carbocycles. The second kappa shape index (κ2) is 4.43. The van der Waals surface area contributed by atoms with Gasteiger partial charge in [-0.25, -0.2) is 0 Å². The standard InChI is InChI=1S/C14H19NSi/c1-16(2,3)8-7-12-9-14(11-15-10-12)13-5-4-6-13/h9-11,13H,4-6H2,1-3H3. The van der Waals surface area contributed by atoms with Gasteiger partial charge in [0.05, 0.1) is 0 Å². The highest BCUT2D eigenvalue weighted by Gasteiger charge is 2.19. The Labute approximate surface area is 99.3 Å². The Morgan fingerprint density at radius 3 is 2.56 bits per heavy atom. The minimum absolute atomic E-state index is 0.751. The molecule has 1 saturated carbocycles. The molecule has 0 aliphatic heterocycles. The van der Waals surface area contributed by atoms with Crippen molar-refractivity contribution in [2.45, 2.75) is 44.8 Å². The van der Waals surface area contributed by atoms with Crippen molar-refractivity contribution in [3.63, 3.8) is 0 Å². The molecule has 1 aliphatic carbocycles. The Hall–Kier alpha value is -1.07. The maximum absolute atomic E-state index is 4.30. The van der Waals surface area contributed by atoms with Gasteiger partial charge in [0, 0.05) is 18.0 Å². The van der Waals surface area contributed by atoms with Gasteiger partial charge in [-0.3, -0.25) is 4.98 Å². The van der Waals surface area contributed by atoms with Gasteiger partial charge < -0.3 is 0 Å². The van der Waals surface area contributed by atoms with Crippen molar-refractivity contribution in [3.8, 4) is 11.5 Å². The van der Waals surface area contributed by atoms with Gasteiger partial charge in [-0.05, 0) is 30.4 Å². The van der Waals surface area contributed by atoms with Crippen molar-refractivity contribution in [2.75, 3.05) is 0 Å². The average Bonchev–Trinajstić information content (AvgIpc) is 2.12. The molecule has 1 aliphatic rings. The number of pyridine rings is 1. The predicted molar refractivity (Wildman–Crippen MR) is 71.1 cm³/mol. The molecule has 0 spiro atoms. The van der Waals surface area contributed by atoms with Crippen LogP contribution in [0.2, 0.25) is 19.6 Å². The molecule has 1 aromatic heterocycles. The highest BCUT2D eigenvalue weighted by Crippen LogP contribution is 2.35. The van der Waals surface area contributed by atoms with Crippen molar-refractivity contribution in [1.82, 2.24) is 4.98 Å². The van der Waals surface area contributed by atoms with E-state index in [-0.39, 0.29) is 0 Å². The summed E-state index contributed by atoms with van der Waals surface area (Å²) in [5, 5.41) is 0. The molecular formula is C14H19NSi. The predicted octanol–water partition coefficient (Wildman–Crippen LogP) is 3.58. The van der Waals surface area contributed by atoms with Crippen LogP contribution < -0.4 is 0 Å². The van der Waals surface area contributed by atoms with E-state index in [1.807, 2.05) is 12.4 Å². The zero-order chi connectivity index (χ0) is 11.6. The summed E-state index contributed by atoms with van der Waals surface area (Å²) < 4.78 is 0. The Morgan fingerprint density at radius 1 is 1.25 bits per heavy atom. The lowest BCUT2D eigenvalue weighted by Gasteiger charge is -2.25. The SMILES string of the molecule is C[Si](C)(C)C#Cc1cncc(C2CCC2)c1. The minimum atomic E-state index is -1.27. The highest BCUT2D eigenvalue weighted by atomic mass is 28.3. The third kappa shape index (κ3) is 2.96. The fraction of sp³-hybridized carbons (Fsp3) is 0.500. The molecule has 0 saturated heterocycles. The van der Waals surface area contributed by atoms with E-state index < -0.39 is 8.07 Å². The second-order valence-electron chi connectivity index (χ2n) is 5.63. The van der Waals surface area contributed by atoms with E-state index in [1.165, 1.54) is 24.8 Å². The summed E-state index contributed by atoms with van der Waals surface area (Å²) in [5.41, 5.74) is 5.86. The van der Waals surface area contributed by atoms with Crippen LogP contribution in [0.1, 0.15) is 36.3 Å². The maximum Gasteiger partial charge on any atom is 0.129 e. The molecule has 0 amide bonds. The lowest BCUT2D eigenvalue weighted by Crippen LogP contribution is -2.16. The molecule has 84 valence electrons. The van der Waals surface area contributed by atoms with Gasteiger partial charge in [-0.1, -0.05) is 32.0 Å². The first-order valence-corrected chi connectivity index (χ1v) is 9.53. The molecular weight excluding hydrogens is 210 g/mol. The number of hydrogen-bond donors (Lipinski definition) is 0. The molecule has 1 nitrogen and oxygen atoms in total. The van der Waals surface area contributed by atoms with Crippen molar-refractivity contribution in [2.24, 2.45) is 0 Å². The van der Waals surface area contributed by atoms with E-state index in [2.05, 4.69) is 42.2 Å². The van der Waals surface area contributed by atoms with E-state index in [0.717, 1.165) is 11.5 Å². The Bertz CT molecular complexity index is 430. The average molecular weight is 229 g/mol. The molecule has 0 unspecified atom stereocenters. The summed E-state index contributed by atoms with van der Waals surface area (Å²) in [6.07, 6.45) is 7.91. The molecule has 2 rings (SSSR count). The third-order valence-corrected chi connectivity index (χ3v) is 3.79. The van der Waals surface area contributed by atoms with Crippen LogP contribution in [0.5, 0.6) is 0 Å². The number of hydrogen-bond acceptors (Lipinski definition) is 1. The third-order valence-electron chi connectivity index (χ3n) is 2.92. The molecule has 0 radical (unpaired) electrons. The monoisotopic (exact) mass is 229 g/mol. The first-order chi connectivity index (χ1) is 7.54. The summed E-state index contributed by atoms with van der Waals surface area (Å²) in [7, 11) is -1.27. The fourth-order valence-electron chi connectivity index (χ4n) is 1.75. The Balaban J connectivity index is 2.18. The topological polar surface area (TPSA) is 12.9 Å². The van der Waals surface area contributed by atoms with Gasteiger partial charge >= 0.3 is 0 Å². The Morgan fingerprint density at radius 2 is 2.00 bits per heavy atom. The maximum atomic E-state index is 4.30. The second-order valence-corrected chi connectivity index (χ2v) is 10.4. The van der Waals surface area contributed by atoms with Gasteiger partial charge in [0.25, 0.3) is 0 Å². The Kier molecular flexibility index (Phi) is 3.16. The van der Waals surface area contributed by atoms with Gasteiger partial charge in [0.15, 0.2) is 0 Å². The largest absolute Gasteiger partial charge is 0.263 e. The normalized spacial score (nSPS) is 16.2. The van der Waals surface area contributed by atoms with Crippen molar-refractivity contribution in [3.05, 3.63) is 29.6 Å². The first kappa shape index (κ1) is 11.4. The van der Waals surface area contributed by atoms with Crippen molar-refractivity contribution < 1.29 is 0 Å². The molecule has 0 atom stereocenters. The van der Waals surface area contributed by atoms with Crippen LogP contribution in [0.25, 0.3) is 0 Å². The number of aromatic nitrogens is 1. The lowest BCUT2D eigenvalue weighted by molar-refractivity contribution is 0.419. The summed E-state index contributed by atoms with van der Waals surface area (Å²) >= 11 is 0. The van der Waals surface area contributed by atoms with E-state index in [0.29, 0.717) is 0 Å². The van der Waals surface area contributed by atoms with Crippen LogP contribution >= 0.6 is 0 Å². The molecule has 0 bridgehead atoms. The number of nitrogens with zero attached hydrogens (tertiary/aromatic N) is 1. The van der Waals surface area contributed by atoms with Gasteiger partial charge in [-0.2, -0.15) is 0 Å².